The molecule has 0 atom stereocenters. The topological polar surface area (TPSA) is 107 Å². The molecule has 0 aliphatic heterocycles. The van der Waals surface area contributed by atoms with E-state index in [-0.39, 0.29) is 24.1 Å². The van der Waals surface area contributed by atoms with Crippen molar-refractivity contribution in [3.05, 3.63) is 88.7 Å². The molecule has 1 heterocycles. The van der Waals surface area contributed by atoms with E-state index >= 15 is 0 Å². The highest BCUT2D eigenvalue weighted by molar-refractivity contribution is 7.99. The van der Waals surface area contributed by atoms with E-state index in [1.54, 1.807) is 25.3 Å². The van der Waals surface area contributed by atoms with E-state index in [2.05, 4.69) is 20.8 Å². The Kier molecular flexibility index (Phi) is 8.88. The smallest absolute Gasteiger partial charge is 0.251 e. The summed E-state index contributed by atoms with van der Waals surface area (Å²) < 4.78 is 12.4. The molecule has 4 aromatic rings. The van der Waals surface area contributed by atoms with Crippen molar-refractivity contribution in [3.8, 4) is 17.2 Å². The third-order valence-electron chi connectivity index (χ3n) is 6.01. The average molecular weight is 546 g/mol. The Morgan fingerprint density at radius 1 is 0.897 bits per heavy atom. The molecular formula is C29H31N5O4S. The third kappa shape index (κ3) is 6.77. The van der Waals surface area contributed by atoms with Crippen molar-refractivity contribution in [1.82, 2.24) is 20.1 Å². The van der Waals surface area contributed by atoms with Crippen LogP contribution in [0, 0.1) is 20.8 Å². The zero-order valence-corrected chi connectivity index (χ0v) is 23.4. The molecule has 0 aliphatic carbocycles. The second-order valence-corrected chi connectivity index (χ2v) is 9.92. The zero-order valence-electron chi connectivity index (χ0n) is 22.6. The predicted octanol–water partition coefficient (Wildman–Crippen LogP) is 4.87. The minimum Gasteiger partial charge on any atom is -0.493 e. The summed E-state index contributed by atoms with van der Waals surface area (Å²) in [5.41, 5.74) is 5.18. The number of carbonyl (C=O) groups excluding carboxylic acids is 2. The molecular weight excluding hydrogens is 514 g/mol. The number of aryl methyl sites for hydroxylation is 3. The first-order valence-corrected chi connectivity index (χ1v) is 13.3. The van der Waals surface area contributed by atoms with E-state index in [4.69, 9.17) is 9.47 Å². The number of hydrogen-bond donors (Lipinski definition) is 2. The third-order valence-corrected chi connectivity index (χ3v) is 6.94. The van der Waals surface area contributed by atoms with Gasteiger partial charge in [0.25, 0.3) is 5.91 Å². The number of hydrogen-bond acceptors (Lipinski definition) is 7. The fourth-order valence-corrected chi connectivity index (χ4v) is 4.73. The van der Waals surface area contributed by atoms with Crippen molar-refractivity contribution in [2.75, 3.05) is 25.3 Å². The second kappa shape index (κ2) is 12.5. The summed E-state index contributed by atoms with van der Waals surface area (Å²) in [5, 5.41) is 15.1. The fraction of sp³-hybridized carbons (Fsp3) is 0.241. The normalized spacial score (nSPS) is 10.7. The molecule has 0 aliphatic rings. The molecule has 0 spiro atoms. The average Bonchev–Trinajstić information content (AvgIpc) is 3.35. The van der Waals surface area contributed by atoms with Gasteiger partial charge in [-0.1, -0.05) is 36.0 Å². The van der Waals surface area contributed by atoms with E-state index in [9.17, 15) is 9.59 Å². The molecule has 0 bridgehead atoms. The summed E-state index contributed by atoms with van der Waals surface area (Å²) in [6, 6.07) is 18.8. The molecule has 39 heavy (non-hydrogen) atoms. The van der Waals surface area contributed by atoms with E-state index < -0.39 is 0 Å². The second-order valence-electron chi connectivity index (χ2n) is 8.98. The van der Waals surface area contributed by atoms with Crippen LogP contribution in [0.4, 0.5) is 5.69 Å². The lowest BCUT2D eigenvalue weighted by Crippen LogP contribution is -2.24. The number of carbonyl (C=O) groups is 2. The van der Waals surface area contributed by atoms with Crippen molar-refractivity contribution in [2.45, 2.75) is 32.5 Å². The number of rotatable bonds is 10. The standard InChI is InChI=1S/C29H31N5O4S/c1-18-7-6-8-22(13-18)34-26(16-30-28(36)21-11-12-24(37-4)25(15-21)38-5)32-33-29(34)39-17-27(35)31-23-14-19(2)9-10-20(23)3/h6-15H,16-17H2,1-5H3,(H,30,36)(H,31,35). The molecule has 10 heteroatoms. The summed E-state index contributed by atoms with van der Waals surface area (Å²) >= 11 is 1.28. The molecule has 0 radical (unpaired) electrons. The van der Waals surface area contributed by atoms with Crippen LogP contribution in [0.5, 0.6) is 11.5 Å². The van der Waals surface area contributed by atoms with Crippen LogP contribution in [-0.4, -0.2) is 46.6 Å². The summed E-state index contributed by atoms with van der Waals surface area (Å²) in [6.45, 7) is 6.07. The van der Waals surface area contributed by atoms with Crippen LogP contribution in [0.15, 0.2) is 65.8 Å². The van der Waals surface area contributed by atoms with Gasteiger partial charge in [0.1, 0.15) is 0 Å². The van der Waals surface area contributed by atoms with Crippen molar-refractivity contribution in [3.63, 3.8) is 0 Å². The number of aromatic nitrogens is 3. The van der Waals surface area contributed by atoms with Crippen LogP contribution in [0.1, 0.15) is 32.9 Å². The molecule has 0 saturated carbocycles. The Hall–Kier alpha value is -4.31. The number of methoxy groups -OCH3 is 2. The maximum Gasteiger partial charge on any atom is 0.251 e. The van der Waals surface area contributed by atoms with Gasteiger partial charge in [0.2, 0.25) is 5.91 Å². The quantitative estimate of drug-likeness (QED) is 0.274. The number of anilines is 1. The van der Waals surface area contributed by atoms with Gasteiger partial charge in [-0.3, -0.25) is 14.2 Å². The number of nitrogens with one attached hydrogen (secondary N) is 2. The predicted molar refractivity (Wildman–Crippen MR) is 152 cm³/mol. The molecule has 0 unspecified atom stereocenters. The first-order chi connectivity index (χ1) is 18.8. The van der Waals surface area contributed by atoms with Gasteiger partial charge < -0.3 is 20.1 Å². The van der Waals surface area contributed by atoms with Gasteiger partial charge in [0.05, 0.1) is 26.5 Å². The molecule has 4 rings (SSSR count). The summed E-state index contributed by atoms with van der Waals surface area (Å²) in [4.78, 5) is 25.7. The van der Waals surface area contributed by atoms with Gasteiger partial charge in [-0.15, -0.1) is 10.2 Å². The minimum absolute atomic E-state index is 0.128. The van der Waals surface area contributed by atoms with Crippen LogP contribution in [-0.2, 0) is 11.3 Å². The first kappa shape index (κ1) is 27.7. The van der Waals surface area contributed by atoms with E-state index in [0.717, 1.165) is 28.1 Å². The Morgan fingerprint density at radius 3 is 2.41 bits per heavy atom. The van der Waals surface area contributed by atoms with Crippen molar-refractivity contribution in [2.24, 2.45) is 0 Å². The summed E-state index contributed by atoms with van der Waals surface area (Å²) in [6.07, 6.45) is 0. The molecule has 2 N–H and O–H groups in total. The van der Waals surface area contributed by atoms with Gasteiger partial charge in [-0.25, -0.2) is 0 Å². The summed E-state index contributed by atoms with van der Waals surface area (Å²) in [7, 11) is 3.06. The summed E-state index contributed by atoms with van der Waals surface area (Å²) in [5.74, 6) is 1.25. The molecule has 1 aromatic heterocycles. The van der Waals surface area contributed by atoms with Crippen molar-refractivity contribution >= 4 is 29.3 Å². The fourth-order valence-electron chi connectivity index (χ4n) is 3.96. The minimum atomic E-state index is -0.295. The molecule has 0 fully saturated rings. The van der Waals surface area contributed by atoms with Crippen LogP contribution in [0.2, 0.25) is 0 Å². The largest absolute Gasteiger partial charge is 0.493 e. The Bertz CT molecular complexity index is 1500. The maximum absolute atomic E-state index is 12.9. The molecule has 9 nitrogen and oxygen atoms in total. The molecule has 0 saturated heterocycles. The van der Waals surface area contributed by atoms with Gasteiger partial charge in [0, 0.05) is 16.9 Å². The van der Waals surface area contributed by atoms with E-state index in [1.165, 1.54) is 18.9 Å². The zero-order chi connectivity index (χ0) is 27.9. The Balaban J connectivity index is 1.52. The van der Waals surface area contributed by atoms with Crippen LogP contribution >= 0.6 is 11.8 Å². The van der Waals surface area contributed by atoms with E-state index in [0.29, 0.717) is 28.0 Å². The monoisotopic (exact) mass is 545 g/mol. The lowest BCUT2D eigenvalue weighted by molar-refractivity contribution is -0.113. The molecule has 2 amide bonds. The highest BCUT2D eigenvalue weighted by atomic mass is 32.2. The number of benzene rings is 3. The molecule has 3 aromatic carbocycles. The SMILES string of the molecule is COc1ccc(C(=O)NCc2nnc(SCC(=O)Nc3cc(C)ccc3C)n2-c2cccc(C)c2)cc1OC. The first-order valence-electron chi connectivity index (χ1n) is 12.3. The van der Waals surface area contributed by atoms with Crippen molar-refractivity contribution in [1.29, 1.82) is 0 Å². The lowest BCUT2D eigenvalue weighted by atomic mass is 10.1. The van der Waals surface area contributed by atoms with Gasteiger partial charge in [0.15, 0.2) is 22.5 Å². The highest BCUT2D eigenvalue weighted by Crippen LogP contribution is 2.28. The molecule has 202 valence electrons. The maximum atomic E-state index is 12.9. The van der Waals surface area contributed by atoms with Crippen LogP contribution in [0.25, 0.3) is 5.69 Å². The number of thioether (sulfide) groups is 1. The number of ether oxygens (including phenoxy) is 2. The Morgan fingerprint density at radius 2 is 1.67 bits per heavy atom. The van der Waals surface area contributed by atoms with E-state index in [1.807, 2.05) is 67.8 Å². The number of nitrogens with zero attached hydrogens (tertiary/aromatic N) is 3. The number of amides is 2. The van der Waals surface area contributed by atoms with Crippen LogP contribution in [0.3, 0.4) is 0 Å². The Labute approximate surface area is 231 Å². The van der Waals surface area contributed by atoms with Gasteiger partial charge >= 0.3 is 0 Å². The van der Waals surface area contributed by atoms with Crippen LogP contribution < -0.4 is 20.1 Å². The van der Waals surface area contributed by atoms with Gasteiger partial charge in [-0.05, 0) is 73.9 Å². The van der Waals surface area contributed by atoms with Gasteiger partial charge in [-0.2, -0.15) is 0 Å². The lowest BCUT2D eigenvalue weighted by Gasteiger charge is -2.13. The van der Waals surface area contributed by atoms with Crippen molar-refractivity contribution < 1.29 is 19.1 Å². The highest BCUT2D eigenvalue weighted by Gasteiger charge is 2.18.